The molecule has 0 aliphatic rings. The molecular weight excluding hydrogens is 432 g/mol. The molecule has 0 atom stereocenters. The first kappa shape index (κ1) is 25.4. The Bertz CT molecular complexity index is 931. The van der Waals surface area contributed by atoms with Crippen LogP contribution in [0.5, 0.6) is 0 Å². The number of rotatable bonds is 11. The van der Waals surface area contributed by atoms with Gasteiger partial charge >= 0.3 is 5.97 Å². The van der Waals surface area contributed by atoms with Crippen LogP contribution in [0.1, 0.15) is 37.0 Å². The van der Waals surface area contributed by atoms with E-state index in [0.29, 0.717) is 0 Å². The minimum Gasteiger partial charge on any atom is -0.452 e. The quantitative estimate of drug-likeness (QED) is 0.468. The molecule has 0 saturated heterocycles. The Balaban J connectivity index is 2.96. The maximum absolute atomic E-state index is 12.7. The minimum atomic E-state index is -3.90. The van der Waals surface area contributed by atoms with Gasteiger partial charge in [0.15, 0.2) is 6.61 Å². The van der Waals surface area contributed by atoms with Crippen molar-refractivity contribution in [3.63, 3.8) is 0 Å². The summed E-state index contributed by atoms with van der Waals surface area (Å²) in [7, 11) is -3.90. The van der Waals surface area contributed by atoms with Crippen LogP contribution in [0.25, 0.3) is 0 Å². The van der Waals surface area contributed by atoms with Crippen LogP contribution in [0.2, 0.25) is 5.02 Å². The number of amides is 1. The second kappa shape index (κ2) is 12.1. The molecular formula is C19H23ClN4O5S. The number of nitriles is 2. The van der Waals surface area contributed by atoms with Gasteiger partial charge in [-0.15, -0.1) is 0 Å². The number of carbonyl (C=O) groups is 2. The van der Waals surface area contributed by atoms with E-state index in [1.807, 2.05) is 12.1 Å². The lowest BCUT2D eigenvalue weighted by atomic mass is 10.2. The van der Waals surface area contributed by atoms with E-state index in [1.165, 1.54) is 21.3 Å². The molecule has 1 aromatic carbocycles. The molecule has 30 heavy (non-hydrogen) atoms. The van der Waals surface area contributed by atoms with Gasteiger partial charge in [-0.1, -0.05) is 25.4 Å². The number of halogens is 1. The van der Waals surface area contributed by atoms with E-state index in [2.05, 4.69) is 0 Å². The Labute approximate surface area is 181 Å². The molecule has 0 spiro atoms. The maximum Gasteiger partial charge on any atom is 0.338 e. The van der Waals surface area contributed by atoms with Crippen molar-refractivity contribution in [2.24, 2.45) is 0 Å². The number of nitrogens with zero attached hydrogens (tertiary/aromatic N) is 4. The molecule has 0 fully saturated rings. The summed E-state index contributed by atoms with van der Waals surface area (Å²) in [5.41, 5.74) is -0.0708. The van der Waals surface area contributed by atoms with Crippen LogP contribution in [-0.2, 0) is 19.6 Å². The molecule has 0 heterocycles. The predicted molar refractivity (Wildman–Crippen MR) is 109 cm³/mol. The van der Waals surface area contributed by atoms with Crippen LogP contribution in [0.3, 0.4) is 0 Å². The Hall–Kier alpha value is -2.66. The van der Waals surface area contributed by atoms with Gasteiger partial charge in [0, 0.05) is 26.2 Å². The van der Waals surface area contributed by atoms with Crippen molar-refractivity contribution in [3.8, 4) is 12.1 Å². The highest BCUT2D eigenvalue weighted by molar-refractivity contribution is 7.89. The van der Waals surface area contributed by atoms with Crippen LogP contribution < -0.4 is 0 Å². The van der Waals surface area contributed by atoms with Gasteiger partial charge in [0.2, 0.25) is 10.0 Å². The van der Waals surface area contributed by atoms with Gasteiger partial charge < -0.3 is 9.64 Å². The molecule has 1 rings (SSSR count). The molecule has 0 unspecified atom stereocenters. The zero-order valence-corrected chi connectivity index (χ0v) is 18.4. The molecule has 9 nitrogen and oxygen atoms in total. The predicted octanol–water partition coefficient (Wildman–Crippen LogP) is 2.18. The fourth-order valence-electron chi connectivity index (χ4n) is 2.56. The highest BCUT2D eigenvalue weighted by Gasteiger charge is 2.26. The Morgan fingerprint density at radius 3 is 2.17 bits per heavy atom. The SMILES string of the molecule is CCN(CC)S(=O)(=O)c1cc(C(=O)OCC(=O)N(CCC#N)CCC#N)ccc1Cl. The standard InChI is InChI=1S/C19H23ClN4O5S/c1-3-24(4-2)30(27,28)17-13-15(7-8-16(17)20)19(26)29-14-18(25)23(11-5-9-21)12-6-10-22/h7-8,13H,3-6,11-12,14H2,1-2H3. The topological polar surface area (TPSA) is 132 Å². The monoisotopic (exact) mass is 454 g/mol. The lowest BCUT2D eigenvalue weighted by Gasteiger charge is -2.20. The van der Waals surface area contributed by atoms with Crippen LogP contribution in [0.15, 0.2) is 23.1 Å². The summed E-state index contributed by atoms with van der Waals surface area (Å²) in [6.07, 6.45) is 0.156. The highest BCUT2D eigenvalue weighted by Crippen LogP contribution is 2.26. The van der Waals surface area contributed by atoms with Crippen molar-refractivity contribution in [1.82, 2.24) is 9.21 Å². The van der Waals surface area contributed by atoms with E-state index in [1.54, 1.807) is 13.8 Å². The van der Waals surface area contributed by atoms with E-state index < -0.39 is 28.5 Å². The summed E-state index contributed by atoms with van der Waals surface area (Å²) in [6.45, 7) is 3.46. The summed E-state index contributed by atoms with van der Waals surface area (Å²) < 4.78 is 31.7. The van der Waals surface area contributed by atoms with Gasteiger partial charge in [0.05, 0.1) is 35.6 Å². The van der Waals surface area contributed by atoms with Gasteiger partial charge in [-0.25, -0.2) is 13.2 Å². The minimum absolute atomic E-state index is 0.0336. The number of carbonyl (C=O) groups excluding carboxylic acids is 2. The van der Waals surface area contributed by atoms with Crippen molar-refractivity contribution in [3.05, 3.63) is 28.8 Å². The van der Waals surface area contributed by atoms with Crippen molar-refractivity contribution < 1.29 is 22.7 Å². The first-order valence-electron chi connectivity index (χ1n) is 9.21. The molecule has 0 aliphatic carbocycles. The average molecular weight is 455 g/mol. The summed E-state index contributed by atoms with van der Waals surface area (Å²) in [6, 6.07) is 7.52. The largest absolute Gasteiger partial charge is 0.452 e. The van der Waals surface area contributed by atoms with Crippen LogP contribution in [0, 0.1) is 22.7 Å². The molecule has 0 radical (unpaired) electrons. The molecule has 0 N–H and O–H groups in total. The summed E-state index contributed by atoms with van der Waals surface area (Å²) in [4.78, 5) is 25.6. The van der Waals surface area contributed by atoms with Crippen molar-refractivity contribution in [2.75, 3.05) is 32.8 Å². The zero-order valence-electron chi connectivity index (χ0n) is 16.8. The van der Waals surface area contributed by atoms with E-state index in [-0.39, 0.29) is 54.5 Å². The molecule has 0 saturated carbocycles. The first-order chi connectivity index (χ1) is 14.2. The van der Waals surface area contributed by atoms with Gasteiger partial charge in [0.25, 0.3) is 5.91 Å². The van der Waals surface area contributed by atoms with Crippen molar-refractivity contribution in [1.29, 1.82) is 10.5 Å². The third-order valence-electron chi connectivity index (χ3n) is 4.16. The van der Waals surface area contributed by atoms with Crippen LogP contribution in [0.4, 0.5) is 0 Å². The normalized spacial score (nSPS) is 10.9. The number of sulfonamides is 1. The zero-order chi connectivity index (χ0) is 22.7. The van der Waals surface area contributed by atoms with Crippen LogP contribution >= 0.6 is 11.6 Å². The molecule has 1 aromatic rings. The summed E-state index contributed by atoms with van der Waals surface area (Å²) >= 11 is 6.04. The lowest BCUT2D eigenvalue weighted by molar-refractivity contribution is -0.134. The van der Waals surface area contributed by atoms with Gasteiger partial charge in [-0.2, -0.15) is 14.8 Å². The van der Waals surface area contributed by atoms with E-state index in [9.17, 15) is 18.0 Å². The number of esters is 1. The third-order valence-corrected chi connectivity index (χ3v) is 6.69. The van der Waals surface area contributed by atoms with E-state index in [0.717, 1.165) is 6.07 Å². The summed E-state index contributed by atoms with van der Waals surface area (Å²) in [5, 5.41) is 17.3. The lowest BCUT2D eigenvalue weighted by Crippen LogP contribution is -2.36. The Morgan fingerprint density at radius 2 is 1.67 bits per heavy atom. The third kappa shape index (κ3) is 6.70. The average Bonchev–Trinajstić information content (AvgIpc) is 2.72. The Kier molecular flexibility index (Phi) is 10.3. The maximum atomic E-state index is 12.7. The molecule has 0 aliphatic heterocycles. The second-order valence-corrected chi connectivity index (χ2v) is 8.32. The van der Waals surface area contributed by atoms with Crippen LogP contribution in [-0.4, -0.2) is 62.3 Å². The molecule has 0 bridgehead atoms. The molecule has 162 valence electrons. The summed E-state index contributed by atoms with van der Waals surface area (Å²) in [5.74, 6) is -1.45. The first-order valence-corrected chi connectivity index (χ1v) is 11.0. The molecule has 1 amide bonds. The highest BCUT2D eigenvalue weighted by atomic mass is 35.5. The van der Waals surface area contributed by atoms with Gasteiger partial charge in [0.1, 0.15) is 4.90 Å². The number of hydrogen-bond acceptors (Lipinski definition) is 7. The van der Waals surface area contributed by atoms with Gasteiger partial charge in [-0.3, -0.25) is 4.79 Å². The van der Waals surface area contributed by atoms with Gasteiger partial charge in [-0.05, 0) is 18.2 Å². The number of ether oxygens (including phenoxy) is 1. The second-order valence-electron chi connectivity index (χ2n) is 6.01. The van der Waals surface area contributed by atoms with Crippen molar-refractivity contribution >= 4 is 33.5 Å². The Morgan fingerprint density at radius 1 is 1.10 bits per heavy atom. The molecule has 11 heteroatoms. The van der Waals surface area contributed by atoms with Crippen molar-refractivity contribution in [2.45, 2.75) is 31.6 Å². The van der Waals surface area contributed by atoms with E-state index >= 15 is 0 Å². The van der Waals surface area contributed by atoms with E-state index in [4.69, 9.17) is 26.9 Å². The fourth-order valence-corrected chi connectivity index (χ4v) is 4.52. The molecule has 0 aromatic heterocycles. The number of hydrogen-bond donors (Lipinski definition) is 0. The number of benzene rings is 1. The smallest absolute Gasteiger partial charge is 0.338 e. The fraction of sp³-hybridized carbons (Fsp3) is 0.474.